The van der Waals surface area contributed by atoms with Gasteiger partial charge >= 0.3 is 0 Å². The molecule has 6 nitrogen and oxygen atoms in total. The molecule has 13 heavy (non-hydrogen) atoms. The first kappa shape index (κ1) is 8.35. The maximum atomic E-state index is 10.4. The zero-order valence-corrected chi connectivity index (χ0v) is 8.37. The number of halogens is 1. The van der Waals surface area contributed by atoms with Crippen molar-refractivity contribution in [2.75, 3.05) is 0 Å². The number of fused-ring (bicyclic) bond motifs is 1. The van der Waals surface area contributed by atoms with E-state index in [0.29, 0.717) is 11.0 Å². The molecule has 0 spiro atoms. The van der Waals surface area contributed by atoms with Crippen molar-refractivity contribution in [3.8, 4) is 0 Å². The van der Waals surface area contributed by atoms with Crippen LogP contribution < -0.4 is 0 Å². The first-order valence-electron chi connectivity index (χ1n) is 3.34. The van der Waals surface area contributed by atoms with Crippen LogP contribution in [0.3, 0.4) is 0 Å². The minimum Gasteiger partial charge on any atom is -0.258 e. The molecule has 7 heteroatoms. The van der Waals surface area contributed by atoms with E-state index in [1.54, 1.807) is 6.07 Å². The predicted molar refractivity (Wildman–Crippen MR) is 53.6 cm³/mol. The van der Waals surface area contributed by atoms with Crippen LogP contribution in [0, 0.1) is 10.1 Å². The lowest BCUT2D eigenvalue weighted by Gasteiger charge is -1.90. The molecule has 2 aromatic rings. The highest BCUT2D eigenvalue weighted by Crippen LogP contribution is 2.19. The Balaban J connectivity index is 2.72. The summed E-state index contributed by atoms with van der Waals surface area (Å²) >= 11 is 1.91. The van der Waals surface area contributed by atoms with Crippen LogP contribution in [0.2, 0.25) is 0 Å². The van der Waals surface area contributed by atoms with Crippen LogP contribution in [0.5, 0.6) is 0 Å². The quantitative estimate of drug-likeness (QED) is 0.453. The van der Waals surface area contributed by atoms with Crippen molar-refractivity contribution in [2.24, 2.45) is 0 Å². The molecular formula is C6H3IN4O2. The maximum absolute atomic E-state index is 10.4. The van der Waals surface area contributed by atoms with Crippen LogP contribution >= 0.6 is 22.9 Å². The molecule has 0 radical (unpaired) electrons. The monoisotopic (exact) mass is 290 g/mol. The molecule has 1 heterocycles. The van der Waals surface area contributed by atoms with E-state index >= 15 is 0 Å². The molecule has 0 N–H and O–H groups in total. The van der Waals surface area contributed by atoms with Gasteiger partial charge in [-0.3, -0.25) is 10.1 Å². The molecule has 0 amide bonds. The Morgan fingerprint density at radius 1 is 1.54 bits per heavy atom. The van der Waals surface area contributed by atoms with E-state index < -0.39 is 4.92 Å². The van der Waals surface area contributed by atoms with E-state index in [4.69, 9.17) is 0 Å². The maximum Gasteiger partial charge on any atom is 0.271 e. The Kier molecular flexibility index (Phi) is 1.87. The number of benzene rings is 1. The van der Waals surface area contributed by atoms with E-state index in [1.807, 2.05) is 22.9 Å². The van der Waals surface area contributed by atoms with Crippen LogP contribution in [-0.4, -0.2) is 18.1 Å². The summed E-state index contributed by atoms with van der Waals surface area (Å²) in [7, 11) is 0. The van der Waals surface area contributed by atoms with Gasteiger partial charge in [-0.2, -0.15) is 2.90 Å². The van der Waals surface area contributed by atoms with Crippen molar-refractivity contribution >= 4 is 39.6 Å². The van der Waals surface area contributed by atoms with Crippen molar-refractivity contribution in [3.63, 3.8) is 0 Å². The summed E-state index contributed by atoms with van der Waals surface area (Å²) in [6, 6.07) is 4.44. The van der Waals surface area contributed by atoms with Gasteiger partial charge in [-0.1, -0.05) is 5.21 Å². The highest BCUT2D eigenvalue weighted by atomic mass is 127. The first-order valence-corrected chi connectivity index (χ1v) is 4.31. The average molecular weight is 290 g/mol. The topological polar surface area (TPSA) is 73.8 Å². The molecule has 0 saturated heterocycles. The Morgan fingerprint density at radius 2 is 2.31 bits per heavy atom. The second-order valence-corrected chi connectivity index (χ2v) is 3.29. The second-order valence-electron chi connectivity index (χ2n) is 2.38. The molecule has 2 rings (SSSR count). The number of nitro benzene ring substituents is 1. The van der Waals surface area contributed by atoms with Gasteiger partial charge in [0.15, 0.2) is 0 Å². The molecule has 0 unspecified atom stereocenters. The van der Waals surface area contributed by atoms with Crippen LogP contribution in [0.1, 0.15) is 0 Å². The first-order chi connectivity index (χ1) is 6.18. The van der Waals surface area contributed by atoms with Crippen molar-refractivity contribution in [3.05, 3.63) is 28.3 Å². The molecule has 0 bridgehead atoms. The Hall–Kier alpha value is -1.25. The summed E-state index contributed by atoms with van der Waals surface area (Å²) in [5.41, 5.74) is 1.35. The second kappa shape index (κ2) is 2.91. The van der Waals surface area contributed by atoms with Gasteiger partial charge in [0.1, 0.15) is 11.0 Å². The fraction of sp³-hybridized carbons (Fsp3) is 0. The van der Waals surface area contributed by atoms with Crippen LogP contribution in [0.15, 0.2) is 18.2 Å². The van der Waals surface area contributed by atoms with E-state index in [-0.39, 0.29) is 5.69 Å². The zero-order valence-electron chi connectivity index (χ0n) is 6.22. The summed E-state index contributed by atoms with van der Waals surface area (Å²) in [5, 5.41) is 18.0. The third-order valence-electron chi connectivity index (χ3n) is 1.60. The third-order valence-corrected chi connectivity index (χ3v) is 2.31. The van der Waals surface area contributed by atoms with Crippen molar-refractivity contribution in [1.82, 2.24) is 13.2 Å². The van der Waals surface area contributed by atoms with Gasteiger partial charge in [0.25, 0.3) is 5.69 Å². The largest absolute Gasteiger partial charge is 0.271 e. The average Bonchev–Trinajstić information content (AvgIpc) is 2.47. The Morgan fingerprint density at radius 3 is 3.00 bits per heavy atom. The summed E-state index contributed by atoms with van der Waals surface area (Å²) < 4.78 is 1.47. The number of nitrogens with zero attached hydrogens (tertiary/aromatic N) is 4. The van der Waals surface area contributed by atoms with E-state index in [1.165, 1.54) is 15.0 Å². The van der Waals surface area contributed by atoms with Crippen LogP contribution in [0.25, 0.3) is 11.0 Å². The molecule has 1 aromatic heterocycles. The fourth-order valence-electron chi connectivity index (χ4n) is 0.993. The minimum atomic E-state index is -0.441. The molecular weight excluding hydrogens is 287 g/mol. The van der Waals surface area contributed by atoms with Gasteiger partial charge in [0.05, 0.1) is 27.8 Å². The van der Waals surface area contributed by atoms with Gasteiger partial charge in [-0.15, -0.1) is 5.10 Å². The molecule has 0 atom stereocenters. The van der Waals surface area contributed by atoms with Crippen molar-refractivity contribution in [1.29, 1.82) is 0 Å². The predicted octanol–water partition coefficient (Wildman–Crippen LogP) is 1.54. The molecule has 66 valence electrons. The van der Waals surface area contributed by atoms with Crippen LogP contribution in [0.4, 0.5) is 5.69 Å². The summed E-state index contributed by atoms with van der Waals surface area (Å²) in [5.74, 6) is 0. The summed E-state index contributed by atoms with van der Waals surface area (Å²) in [6.07, 6.45) is 0. The SMILES string of the molecule is O=[N+]([O-])c1ccc2nnn(I)c2c1. The molecule has 0 aliphatic rings. The van der Waals surface area contributed by atoms with E-state index in [9.17, 15) is 10.1 Å². The summed E-state index contributed by atoms with van der Waals surface area (Å²) in [6.45, 7) is 0. The lowest BCUT2D eigenvalue weighted by atomic mass is 10.3. The molecule has 0 saturated carbocycles. The minimum absolute atomic E-state index is 0.0488. The Labute approximate surface area is 86.2 Å². The number of aromatic nitrogens is 3. The van der Waals surface area contributed by atoms with Gasteiger partial charge in [0, 0.05) is 12.1 Å². The highest BCUT2D eigenvalue weighted by molar-refractivity contribution is 14.1. The summed E-state index contributed by atoms with van der Waals surface area (Å²) in [4.78, 5) is 9.99. The van der Waals surface area contributed by atoms with Gasteiger partial charge in [0.2, 0.25) is 0 Å². The number of hydrogen-bond acceptors (Lipinski definition) is 4. The Bertz CT molecular complexity index is 480. The molecule has 0 aliphatic carbocycles. The van der Waals surface area contributed by atoms with Gasteiger partial charge in [-0.05, 0) is 6.07 Å². The third kappa shape index (κ3) is 1.34. The smallest absolute Gasteiger partial charge is 0.258 e. The molecule has 0 aliphatic heterocycles. The lowest BCUT2D eigenvalue weighted by molar-refractivity contribution is -0.384. The van der Waals surface area contributed by atoms with Crippen molar-refractivity contribution in [2.45, 2.75) is 0 Å². The van der Waals surface area contributed by atoms with E-state index in [2.05, 4.69) is 10.3 Å². The number of rotatable bonds is 1. The van der Waals surface area contributed by atoms with Crippen molar-refractivity contribution < 1.29 is 4.92 Å². The standard InChI is InChI=1S/C6H3IN4O2/c7-10-6-3-4(11(12)13)1-2-5(6)8-9-10/h1-3H. The zero-order chi connectivity index (χ0) is 9.42. The highest BCUT2D eigenvalue weighted by Gasteiger charge is 2.09. The fourth-order valence-corrected chi connectivity index (χ4v) is 1.48. The number of non-ortho nitro benzene ring substituents is 1. The van der Waals surface area contributed by atoms with Gasteiger partial charge in [-0.25, -0.2) is 0 Å². The molecule has 1 aromatic carbocycles. The normalized spacial score (nSPS) is 10.5. The number of hydrogen-bond donors (Lipinski definition) is 0. The van der Waals surface area contributed by atoms with Gasteiger partial charge < -0.3 is 0 Å². The van der Waals surface area contributed by atoms with E-state index in [0.717, 1.165) is 0 Å². The molecule has 0 fully saturated rings. The lowest BCUT2D eigenvalue weighted by Crippen LogP contribution is -1.87. The number of nitro groups is 1. The van der Waals surface area contributed by atoms with Crippen LogP contribution in [-0.2, 0) is 0 Å².